The Morgan fingerprint density at radius 1 is 1.43 bits per heavy atom. The van der Waals surface area contributed by atoms with Gasteiger partial charge in [0, 0.05) is 5.54 Å². The maximum Gasteiger partial charge on any atom is 0.177 e. The lowest BCUT2D eigenvalue weighted by Gasteiger charge is -2.23. The van der Waals surface area contributed by atoms with Gasteiger partial charge in [-0.2, -0.15) is 0 Å². The van der Waals surface area contributed by atoms with E-state index in [4.69, 9.17) is 17.3 Å². The van der Waals surface area contributed by atoms with Gasteiger partial charge in [-0.25, -0.2) is 8.78 Å². The molecule has 0 bridgehead atoms. The van der Waals surface area contributed by atoms with Crippen LogP contribution in [0.3, 0.4) is 0 Å². The zero-order valence-electron chi connectivity index (χ0n) is 8.07. The van der Waals surface area contributed by atoms with Gasteiger partial charge in [-0.05, 0) is 31.0 Å². The van der Waals surface area contributed by atoms with Crippen molar-refractivity contribution < 1.29 is 8.78 Å². The van der Waals surface area contributed by atoms with Gasteiger partial charge in [-0.3, -0.25) is 0 Å². The summed E-state index contributed by atoms with van der Waals surface area (Å²) >= 11 is 5.51. The van der Waals surface area contributed by atoms with E-state index in [1.54, 1.807) is 6.92 Å². The van der Waals surface area contributed by atoms with Crippen molar-refractivity contribution in [2.75, 3.05) is 0 Å². The molecule has 1 nitrogen and oxygen atoms in total. The molecule has 0 spiro atoms. The summed E-state index contributed by atoms with van der Waals surface area (Å²) in [4.78, 5) is 0. The topological polar surface area (TPSA) is 26.0 Å². The molecule has 2 N–H and O–H groups in total. The van der Waals surface area contributed by atoms with Crippen LogP contribution in [0, 0.1) is 11.6 Å². The zero-order chi connectivity index (χ0) is 10.9. The molecular formula is C10H12ClF2N. The lowest BCUT2D eigenvalue weighted by molar-refractivity contribution is 0.461. The first-order valence-electron chi connectivity index (χ1n) is 4.32. The lowest BCUT2D eigenvalue weighted by Crippen LogP contribution is -2.32. The van der Waals surface area contributed by atoms with Crippen LogP contribution in [-0.4, -0.2) is 0 Å². The van der Waals surface area contributed by atoms with Crippen LogP contribution in [0.25, 0.3) is 0 Å². The minimum Gasteiger partial charge on any atom is -0.322 e. The molecule has 0 fully saturated rings. The Labute approximate surface area is 86.9 Å². The Hall–Kier alpha value is -0.670. The molecule has 4 heteroatoms. The molecule has 0 radical (unpaired) electrons. The summed E-state index contributed by atoms with van der Waals surface area (Å²) in [6, 6.07) is 2.45. The minimum atomic E-state index is -1.03. The second-order valence-corrected chi connectivity index (χ2v) is 3.93. The Morgan fingerprint density at radius 3 is 2.43 bits per heavy atom. The summed E-state index contributed by atoms with van der Waals surface area (Å²) in [5.41, 5.74) is 5.70. The minimum absolute atomic E-state index is 0.231. The highest BCUT2D eigenvalue weighted by Gasteiger charge is 2.21. The van der Waals surface area contributed by atoms with Gasteiger partial charge in [0.1, 0.15) is 0 Å². The quantitative estimate of drug-likeness (QED) is 0.760. The van der Waals surface area contributed by atoms with Gasteiger partial charge in [0.2, 0.25) is 0 Å². The third-order valence-electron chi connectivity index (χ3n) is 2.38. The molecule has 14 heavy (non-hydrogen) atoms. The maximum atomic E-state index is 13.0. The first-order chi connectivity index (χ1) is 6.38. The Balaban J connectivity index is 3.26. The van der Waals surface area contributed by atoms with Crippen LogP contribution in [0.4, 0.5) is 8.78 Å². The van der Waals surface area contributed by atoms with Crippen molar-refractivity contribution in [2.24, 2.45) is 5.73 Å². The first kappa shape index (κ1) is 11.4. The smallest absolute Gasteiger partial charge is 0.177 e. The summed E-state index contributed by atoms with van der Waals surface area (Å²) in [5.74, 6) is -1.99. The van der Waals surface area contributed by atoms with Gasteiger partial charge < -0.3 is 5.73 Å². The molecule has 0 amide bonds. The van der Waals surface area contributed by atoms with E-state index in [1.807, 2.05) is 6.92 Å². The fourth-order valence-electron chi connectivity index (χ4n) is 1.09. The first-order valence-corrected chi connectivity index (χ1v) is 4.70. The predicted octanol–water partition coefficient (Wildman–Crippen LogP) is 3.20. The van der Waals surface area contributed by atoms with Crippen molar-refractivity contribution in [3.05, 3.63) is 34.4 Å². The van der Waals surface area contributed by atoms with Crippen LogP contribution >= 0.6 is 11.6 Å². The van der Waals surface area contributed by atoms with Crippen LogP contribution in [0.15, 0.2) is 12.1 Å². The summed E-state index contributed by atoms with van der Waals surface area (Å²) in [7, 11) is 0. The molecule has 1 aromatic carbocycles. The number of halogens is 3. The summed E-state index contributed by atoms with van der Waals surface area (Å²) < 4.78 is 25.8. The van der Waals surface area contributed by atoms with Crippen molar-refractivity contribution in [3.63, 3.8) is 0 Å². The lowest BCUT2D eigenvalue weighted by atomic mass is 9.90. The second kappa shape index (κ2) is 3.83. The van der Waals surface area contributed by atoms with E-state index in [0.29, 0.717) is 12.0 Å². The average Bonchev–Trinajstić information content (AvgIpc) is 2.13. The van der Waals surface area contributed by atoms with E-state index < -0.39 is 17.2 Å². The molecule has 0 saturated heterocycles. The van der Waals surface area contributed by atoms with Gasteiger partial charge in [-0.1, -0.05) is 18.5 Å². The Bertz CT molecular complexity index is 327. The number of benzene rings is 1. The molecule has 1 aromatic rings. The molecule has 0 aliphatic carbocycles. The van der Waals surface area contributed by atoms with E-state index in [1.165, 1.54) is 6.07 Å². The van der Waals surface area contributed by atoms with E-state index in [0.717, 1.165) is 6.07 Å². The van der Waals surface area contributed by atoms with E-state index in [-0.39, 0.29) is 5.02 Å². The van der Waals surface area contributed by atoms with Crippen molar-refractivity contribution in [3.8, 4) is 0 Å². The summed E-state index contributed by atoms with van der Waals surface area (Å²) in [6.45, 7) is 3.62. The second-order valence-electron chi connectivity index (χ2n) is 3.52. The van der Waals surface area contributed by atoms with E-state index in [2.05, 4.69) is 0 Å². The average molecular weight is 220 g/mol. The third kappa shape index (κ3) is 2.04. The molecule has 0 aliphatic rings. The van der Waals surface area contributed by atoms with Crippen LogP contribution in [0.1, 0.15) is 25.8 Å². The monoisotopic (exact) mass is 219 g/mol. The molecule has 0 aliphatic heterocycles. The molecule has 1 unspecified atom stereocenters. The van der Waals surface area contributed by atoms with Crippen molar-refractivity contribution in [2.45, 2.75) is 25.8 Å². The molecule has 78 valence electrons. The SMILES string of the molecule is CCC(C)(N)c1cc(F)c(F)c(Cl)c1. The molecule has 1 atom stereocenters. The van der Waals surface area contributed by atoms with Gasteiger partial charge in [0.05, 0.1) is 5.02 Å². The molecule has 0 saturated carbocycles. The summed E-state index contributed by atoms with van der Waals surface area (Å²) in [6.07, 6.45) is 0.619. The molecule has 0 aromatic heterocycles. The number of hydrogen-bond donors (Lipinski definition) is 1. The highest BCUT2D eigenvalue weighted by atomic mass is 35.5. The molecule has 1 rings (SSSR count). The largest absolute Gasteiger partial charge is 0.322 e. The van der Waals surface area contributed by atoms with Crippen molar-refractivity contribution in [1.29, 1.82) is 0 Å². The van der Waals surface area contributed by atoms with E-state index in [9.17, 15) is 8.78 Å². The third-order valence-corrected chi connectivity index (χ3v) is 2.65. The Kier molecular flexibility index (Phi) is 3.12. The van der Waals surface area contributed by atoms with Gasteiger partial charge in [-0.15, -0.1) is 0 Å². The highest BCUT2D eigenvalue weighted by Crippen LogP contribution is 2.27. The fraction of sp³-hybridized carbons (Fsp3) is 0.400. The van der Waals surface area contributed by atoms with Gasteiger partial charge in [0.15, 0.2) is 11.6 Å². The predicted molar refractivity (Wildman–Crippen MR) is 53.2 cm³/mol. The fourth-order valence-corrected chi connectivity index (χ4v) is 1.30. The normalized spacial score (nSPS) is 15.3. The van der Waals surface area contributed by atoms with Crippen molar-refractivity contribution in [1.82, 2.24) is 0 Å². The summed E-state index contributed by atoms with van der Waals surface area (Å²) in [5, 5.41) is -0.231. The Morgan fingerprint density at radius 2 is 2.00 bits per heavy atom. The number of nitrogens with two attached hydrogens (primary N) is 1. The zero-order valence-corrected chi connectivity index (χ0v) is 8.83. The van der Waals surface area contributed by atoms with E-state index >= 15 is 0 Å². The molecular weight excluding hydrogens is 208 g/mol. The van der Waals surface area contributed by atoms with Crippen LogP contribution in [-0.2, 0) is 5.54 Å². The maximum absolute atomic E-state index is 13.0. The van der Waals surface area contributed by atoms with Crippen LogP contribution in [0.2, 0.25) is 5.02 Å². The number of hydrogen-bond acceptors (Lipinski definition) is 1. The van der Waals surface area contributed by atoms with Gasteiger partial charge >= 0.3 is 0 Å². The standard InChI is InChI=1S/C10H12ClF2N/c1-3-10(2,14)6-4-7(11)9(13)8(12)5-6/h4-5H,3,14H2,1-2H3. The van der Waals surface area contributed by atoms with Gasteiger partial charge in [0.25, 0.3) is 0 Å². The molecule has 0 heterocycles. The van der Waals surface area contributed by atoms with Crippen LogP contribution in [0.5, 0.6) is 0 Å². The number of rotatable bonds is 2. The van der Waals surface area contributed by atoms with Crippen LogP contribution < -0.4 is 5.73 Å². The van der Waals surface area contributed by atoms with Crippen molar-refractivity contribution >= 4 is 11.6 Å². The highest BCUT2D eigenvalue weighted by molar-refractivity contribution is 6.30.